The van der Waals surface area contributed by atoms with Crippen LogP contribution in [0.4, 0.5) is 0 Å². The number of aliphatic hydroxyl groups is 3. The summed E-state index contributed by atoms with van der Waals surface area (Å²) in [5.41, 5.74) is 2.98. The summed E-state index contributed by atoms with van der Waals surface area (Å²) in [5.74, 6) is 2.25. The van der Waals surface area contributed by atoms with Gasteiger partial charge in [0.1, 0.15) is 30.7 Å². The highest BCUT2D eigenvalue weighted by atomic mass is 31.1. The number of ether oxygens (including phenoxy) is 4. The van der Waals surface area contributed by atoms with Gasteiger partial charge in [0.15, 0.2) is 11.3 Å². The van der Waals surface area contributed by atoms with Gasteiger partial charge in [-0.05, 0) is 122 Å². The molecule has 11 atom stereocenters. The summed E-state index contributed by atoms with van der Waals surface area (Å²) in [6.45, 7) is 14.0. The molecule has 6 aliphatic carbocycles. The maximum Gasteiger partial charge on any atom is 0.352 e. The van der Waals surface area contributed by atoms with Crippen molar-refractivity contribution >= 4 is 7.80 Å². The molecule has 11 unspecified atom stereocenters. The van der Waals surface area contributed by atoms with E-state index in [-0.39, 0.29) is 66.7 Å². The van der Waals surface area contributed by atoms with Crippen molar-refractivity contribution in [3.8, 4) is 0 Å². The molecule has 9 heteroatoms. The fraction of sp³-hybridized carbons (Fsp3) is 0.708. The van der Waals surface area contributed by atoms with Gasteiger partial charge in [0.25, 0.3) is 0 Å². The standard InChI is InChI=1S/C48H71O8P/c1-47(2,3)32-19-23-36(24-20-32)53-28-34(49)30-55-43-27-45(57(52)44-18-12-10-15-40(44)38-13-9-11-17-42(38)51)46(41-16-8-7-14-39(41)43)56-31-35(50)29-54-37-25-21-33(22-26-37)48(4,5)6/h7,12,14,18-19,21,23,25-26,32-36,40,43-46,49-50H,8-11,13,15-17,20,22,24,27-31H2,1-6H3/p+1. The van der Waals surface area contributed by atoms with Gasteiger partial charge in [-0.2, -0.15) is 0 Å². The Kier molecular flexibility index (Phi) is 15.4. The molecule has 0 radical (unpaired) electrons. The zero-order valence-electron chi connectivity index (χ0n) is 35.6. The molecule has 6 aliphatic rings. The topological polar surface area (TPSA) is 115 Å². The highest BCUT2D eigenvalue weighted by molar-refractivity contribution is 7.46. The van der Waals surface area contributed by atoms with Crippen LogP contribution in [0.5, 0.6) is 0 Å². The third-order valence-corrected chi connectivity index (χ3v) is 15.5. The first kappa shape index (κ1) is 44.2. The van der Waals surface area contributed by atoms with Gasteiger partial charge in [0.05, 0.1) is 37.8 Å². The van der Waals surface area contributed by atoms with Gasteiger partial charge in [0, 0.05) is 18.8 Å². The summed E-state index contributed by atoms with van der Waals surface area (Å²) in [7, 11) is -1.89. The molecule has 0 saturated carbocycles. The molecule has 0 aromatic heterocycles. The molecule has 0 aromatic carbocycles. The van der Waals surface area contributed by atoms with Gasteiger partial charge in [0.2, 0.25) is 0 Å². The minimum absolute atomic E-state index is 0.0116. The van der Waals surface area contributed by atoms with Crippen LogP contribution in [0.25, 0.3) is 0 Å². The quantitative estimate of drug-likeness (QED) is 0.111. The summed E-state index contributed by atoms with van der Waals surface area (Å²) in [4.78, 5) is 0. The Bertz CT molecular complexity index is 1600. The summed E-state index contributed by atoms with van der Waals surface area (Å²) in [6.07, 6.45) is 27.1. The maximum absolute atomic E-state index is 15.2. The number of hydrogen-bond acceptors (Lipinski definition) is 8. The average Bonchev–Trinajstić information content (AvgIpc) is 3.20. The van der Waals surface area contributed by atoms with Crippen LogP contribution < -0.4 is 0 Å². The molecule has 0 aromatic rings. The molecule has 316 valence electrons. The van der Waals surface area contributed by atoms with Crippen molar-refractivity contribution in [2.75, 3.05) is 26.4 Å². The lowest BCUT2D eigenvalue weighted by molar-refractivity contribution is -0.0604. The maximum atomic E-state index is 15.2. The lowest BCUT2D eigenvalue weighted by Gasteiger charge is -2.38. The van der Waals surface area contributed by atoms with E-state index in [9.17, 15) is 15.3 Å². The molecule has 0 bridgehead atoms. The largest absolute Gasteiger partial charge is 0.512 e. The zero-order valence-corrected chi connectivity index (χ0v) is 36.5. The Morgan fingerprint density at radius 2 is 1.49 bits per heavy atom. The van der Waals surface area contributed by atoms with Crippen molar-refractivity contribution in [3.05, 3.63) is 82.9 Å². The summed E-state index contributed by atoms with van der Waals surface area (Å²) in [6, 6.07) is 0. The molecular weight excluding hydrogens is 735 g/mol. The predicted molar refractivity (Wildman–Crippen MR) is 228 cm³/mol. The van der Waals surface area contributed by atoms with Crippen LogP contribution in [0.3, 0.4) is 0 Å². The van der Waals surface area contributed by atoms with Crippen molar-refractivity contribution in [1.29, 1.82) is 0 Å². The van der Waals surface area contributed by atoms with E-state index in [1.807, 2.05) is 6.08 Å². The van der Waals surface area contributed by atoms with E-state index in [2.05, 4.69) is 90.2 Å². The lowest BCUT2D eigenvalue weighted by Crippen LogP contribution is -2.43. The predicted octanol–water partition coefficient (Wildman–Crippen LogP) is 10.4. The van der Waals surface area contributed by atoms with Crippen LogP contribution in [0.15, 0.2) is 82.9 Å². The van der Waals surface area contributed by atoms with Gasteiger partial charge in [-0.1, -0.05) is 82.6 Å². The Balaban J connectivity index is 1.16. The van der Waals surface area contributed by atoms with Crippen LogP contribution in [0, 0.1) is 28.6 Å². The molecule has 57 heavy (non-hydrogen) atoms. The highest BCUT2D eigenvalue weighted by Gasteiger charge is 2.53. The second-order valence-corrected chi connectivity index (χ2v) is 21.5. The van der Waals surface area contributed by atoms with Crippen molar-refractivity contribution in [2.45, 2.75) is 160 Å². The van der Waals surface area contributed by atoms with E-state index >= 15 is 4.57 Å². The van der Waals surface area contributed by atoms with E-state index < -0.39 is 26.1 Å². The monoisotopic (exact) mass is 807 g/mol. The smallest absolute Gasteiger partial charge is 0.352 e. The van der Waals surface area contributed by atoms with E-state index in [4.69, 9.17) is 18.9 Å². The number of rotatable bonds is 15. The molecule has 0 heterocycles. The second kappa shape index (κ2) is 19.8. The minimum atomic E-state index is -1.89. The SMILES string of the molecule is CC(C)(C)C1C=CC(OCC(O)COC2C3=C(C=CCC3)C(OCC(O)COC3C=CC(C(C)(C)C)CC3)CC2[P+](=O)C2C=CCCC2C2=C(O)CCCC2)=CC1. The van der Waals surface area contributed by atoms with E-state index in [1.54, 1.807) is 0 Å². The lowest BCUT2D eigenvalue weighted by atomic mass is 9.75. The third kappa shape index (κ3) is 11.7. The molecular formula is C48H72O8P+. The molecule has 0 fully saturated rings. The van der Waals surface area contributed by atoms with E-state index in [0.29, 0.717) is 30.4 Å². The van der Waals surface area contributed by atoms with Crippen LogP contribution in [0.2, 0.25) is 0 Å². The Hall–Kier alpha value is -2.32. The zero-order chi connectivity index (χ0) is 40.7. The Morgan fingerprint density at radius 1 is 0.754 bits per heavy atom. The van der Waals surface area contributed by atoms with Gasteiger partial charge in [-0.3, -0.25) is 0 Å². The van der Waals surface area contributed by atoms with Crippen LogP contribution >= 0.6 is 7.80 Å². The Labute approximate surface area is 344 Å². The van der Waals surface area contributed by atoms with Crippen molar-refractivity contribution < 1.29 is 38.8 Å². The molecule has 6 rings (SSSR count). The fourth-order valence-corrected chi connectivity index (χ4v) is 11.9. The van der Waals surface area contributed by atoms with Crippen LogP contribution in [-0.2, 0) is 23.5 Å². The molecule has 0 spiro atoms. The number of allylic oxidation sites excluding steroid dienone is 9. The van der Waals surface area contributed by atoms with E-state index in [0.717, 1.165) is 86.7 Å². The van der Waals surface area contributed by atoms with Crippen LogP contribution in [-0.4, -0.2) is 83.6 Å². The molecule has 8 nitrogen and oxygen atoms in total. The molecule has 3 N–H and O–H groups in total. The number of aliphatic hydroxyl groups excluding tert-OH is 3. The van der Waals surface area contributed by atoms with E-state index in [1.165, 1.54) is 0 Å². The highest BCUT2D eigenvalue weighted by Crippen LogP contribution is 2.53. The van der Waals surface area contributed by atoms with Crippen molar-refractivity contribution in [1.82, 2.24) is 0 Å². The third-order valence-electron chi connectivity index (χ3n) is 13.2. The average molecular weight is 808 g/mol. The Morgan fingerprint density at radius 3 is 2.19 bits per heavy atom. The van der Waals surface area contributed by atoms with Crippen LogP contribution in [0.1, 0.15) is 119 Å². The summed E-state index contributed by atoms with van der Waals surface area (Å²) in [5, 5.41) is 33.3. The number of hydrogen-bond donors (Lipinski definition) is 3. The molecule has 0 aliphatic heterocycles. The summed E-state index contributed by atoms with van der Waals surface area (Å²) < 4.78 is 40.6. The minimum Gasteiger partial charge on any atom is -0.512 e. The normalized spacial score (nSPS) is 32.2. The first-order chi connectivity index (χ1) is 27.2. The first-order valence-corrected chi connectivity index (χ1v) is 23.4. The van der Waals surface area contributed by atoms with Gasteiger partial charge in [-0.25, -0.2) is 0 Å². The fourth-order valence-electron chi connectivity index (χ4n) is 9.59. The second-order valence-electron chi connectivity index (χ2n) is 19.5. The summed E-state index contributed by atoms with van der Waals surface area (Å²) >= 11 is 0. The van der Waals surface area contributed by atoms with Crippen molar-refractivity contribution in [2.24, 2.45) is 28.6 Å². The van der Waals surface area contributed by atoms with Gasteiger partial charge in [-0.15, -0.1) is 0 Å². The first-order valence-electron chi connectivity index (χ1n) is 22.0. The molecule has 0 saturated heterocycles. The van der Waals surface area contributed by atoms with Crippen molar-refractivity contribution in [3.63, 3.8) is 0 Å². The van der Waals surface area contributed by atoms with Gasteiger partial charge >= 0.3 is 7.80 Å². The van der Waals surface area contributed by atoms with Gasteiger partial charge < -0.3 is 34.3 Å². The molecule has 0 amide bonds.